The first-order valence-corrected chi connectivity index (χ1v) is 4.89. The van der Waals surface area contributed by atoms with Gasteiger partial charge in [0.15, 0.2) is 5.17 Å². The molecule has 0 aliphatic carbocycles. The highest BCUT2D eigenvalue weighted by molar-refractivity contribution is 8.14. The largest absolute Gasteiger partial charge is 0.277 e. The number of thioether (sulfide) groups is 1. The number of hydrogen-bond acceptors (Lipinski definition) is 3. The highest BCUT2D eigenvalue weighted by atomic mass is 32.2. The molecule has 0 aromatic rings. The Kier molecular flexibility index (Phi) is 3.40. The zero-order chi connectivity index (χ0) is 8.97. The van der Waals surface area contributed by atoms with Gasteiger partial charge in [-0.3, -0.25) is 20.6 Å². The van der Waals surface area contributed by atoms with Crippen LogP contribution in [-0.2, 0) is 4.79 Å². The van der Waals surface area contributed by atoms with Gasteiger partial charge in [-0.05, 0) is 5.92 Å². The van der Waals surface area contributed by atoms with Gasteiger partial charge in [0.1, 0.15) is 0 Å². The van der Waals surface area contributed by atoms with Crippen molar-refractivity contribution in [2.24, 2.45) is 10.9 Å². The van der Waals surface area contributed by atoms with E-state index < -0.39 is 0 Å². The number of carbonyl (C=O) groups is 1. The van der Waals surface area contributed by atoms with E-state index in [0.29, 0.717) is 11.7 Å². The van der Waals surface area contributed by atoms with Crippen molar-refractivity contribution in [2.75, 3.05) is 12.3 Å². The predicted molar refractivity (Wildman–Crippen MR) is 50.9 cm³/mol. The maximum Gasteiger partial charge on any atom is 0.248 e. The van der Waals surface area contributed by atoms with Gasteiger partial charge in [0.2, 0.25) is 5.91 Å². The Labute approximate surface area is 76.2 Å². The van der Waals surface area contributed by atoms with Crippen LogP contribution in [0.1, 0.15) is 13.8 Å². The quantitative estimate of drug-likeness (QED) is 0.656. The van der Waals surface area contributed by atoms with E-state index in [1.165, 1.54) is 11.8 Å². The number of hydrogen-bond donors (Lipinski definition) is 2. The Hall–Kier alpha value is -0.710. The number of aliphatic imine (C=N–C) groups is 1. The van der Waals surface area contributed by atoms with Crippen LogP contribution in [0.25, 0.3) is 0 Å². The molecule has 1 saturated heterocycles. The number of rotatable bonds is 2. The normalized spacial score (nSPS) is 20.9. The molecule has 4 nitrogen and oxygen atoms in total. The lowest BCUT2D eigenvalue weighted by Gasteiger charge is -2.15. The highest BCUT2D eigenvalue weighted by Crippen LogP contribution is 2.05. The minimum absolute atomic E-state index is 0.00324. The van der Waals surface area contributed by atoms with E-state index in [-0.39, 0.29) is 5.91 Å². The molecule has 5 heteroatoms. The average molecular weight is 187 g/mol. The lowest BCUT2D eigenvalue weighted by Crippen LogP contribution is -2.46. The standard InChI is InChI=1S/C7H13N3OS/c1-5(2)3-8-7-10-9-6(11)4-12-7/h5H,3-4H2,1-2H3,(H,8,10)(H,9,11). The Bertz CT molecular complexity index is 191. The van der Waals surface area contributed by atoms with Crippen LogP contribution in [-0.4, -0.2) is 23.4 Å². The van der Waals surface area contributed by atoms with Crippen molar-refractivity contribution in [1.82, 2.24) is 10.9 Å². The van der Waals surface area contributed by atoms with Crippen molar-refractivity contribution in [3.63, 3.8) is 0 Å². The third-order valence-electron chi connectivity index (χ3n) is 1.25. The molecule has 1 aliphatic rings. The Balaban J connectivity index is 2.33. The summed E-state index contributed by atoms with van der Waals surface area (Å²) in [5.74, 6) is 1.02. The number of amides is 1. The SMILES string of the molecule is CC(C)CN=C1NNC(=O)CS1. The average Bonchev–Trinajstić information content (AvgIpc) is 2.03. The summed E-state index contributed by atoms with van der Waals surface area (Å²) in [6, 6.07) is 0. The number of nitrogens with zero attached hydrogens (tertiary/aromatic N) is 1. The number of carbonyl (C=O) groups excluding carboxylic acids is 1. The number of amidine groups is 1. The minimum Gasteiger partial charge on any atom is -0.277 e. The maximum atomic E-state index is 10.7. The molecule has 0 radical (unpaired) electrons. The van der Waals surface area contributed by atoms with E-state index in [2.05, 4.69) is 29.7 Å². The number of hydrazine groups is 1. The molecule has 0 aromatic heterocycles. The molecule has 1 fully saturated rings. The first kappa shape index (κ1) is 9.38. The third kappa shape index (κ3) is 3.13. The predicted octanol–water partition coefficient (Wildman–Crippen LogP) is 0.366. The molecular formula is C7H13N3OS. The fourth-order valence-corrected chi connectivity index (χ4v) is 1.31. The van der Waals surface area contributed by atoms with Gasteiger partial charge in [0, 0.05) is 6.54 Å². The molecule has 12 heavy (non-hydrogen) atoms. The van der Waals surface area contributed by atoms with Crippen molar-refractivity contribution in [3.8, 4) is 0 Å². The van der Waals surface area contributed by atoms with E-state index in [1.807, 2.05) is 0 Å². The van der Waals surface area contributed by atoms with Crippen LogP contribution in [0.15, 0.2) is 4.99 Å². The Morgan fingerprint density at radius 2 is 2.33 bits per heavy atom. The maximum absolute atomic E-state index is 10.7. The smallest absolute Gasteiger partial charge is 0.248 e. The molecule has 1 heterocycles. The molecule has 0 saturated carbocycles. The van der Waals surface area contributed by atoms with Crippen LogP contribution in [0.2, 0.25) is 0 Å². The summed E-state index contributed by atoms with van der Waals surface area (Å²) in [4.78, 5) is 15.0. The summed E-state index contributed by atoms with van der Waals surface area (Å²) in [7, 11) is 0. The van der Waals surface area contributed by atoms with Gasteiger partial charge in [-0.15, -0.1) is 0 Å². The van der Waals surface area contributed by atoms with Crippen LogP contribution in [0.4, 0.5) is 0 Å². The molecule has 0 spiro atoms. The second kappa shape index (κ2) is 4.35. The van der Waals surface area contributed by atoms with Crippen molar-refractivity contribution in [1.29, 1.82) is 0 Å². The lowest BCUT2D eigenvalue weighted by atomic mass is 10.2. The van der Waals surface area contributed by atoms with Gasteiger partial charge < -0.3 is 0 Å². The van der Waals surface area contributed by atoms with Gasteiger partial charge >= 0.3 is 0 Å². The van der Waals surface area contributed by atoms with E-state index in [4.69, 9.17) is 0 Å². The third-order valence-corrected chi connectivity index (χ3v) is 2.16. The molecule has 2 N–H and O–H groups in total. The van der Waals surface area contributed by atoms with Crippen LogP contribution >= 0.6 is 11.8 Å². The molecule has 0 aromatic carbocycles. The van der Waals surface area contributed by atoms with E-state index in [9.17, 15) is 4.79 Å². The molecular weight excluding hydrogens is 174 g/mol. The van der Waals surface area contributed by atoms with Crippen LogP contribution in [0.5, 0.6) is 0 Å². The van der Waals surface area contributed by atoms with Crippen molar-refractivity contribution >= 4 is 22.8 Å². The second-order valence-electron chi connectivity index (χ2n) is 3.00. The van der Waals surface area contributed by atoms with Crippen molar-refractivity contribution in [2.45, 2.75) is 13.8 Å². The van der Waals surface area contributed by atoms with Crippen LogP contribution < -0.4 is 10.9 Å². The fourth-order valence-electron chi connectivity index (χ4n) is 0.680. The monoisotopic (exact) mass is 187 g/mol. The molecule has 0 unspecified atom stereocenters. The summed E-state index contributed by atoms with van der Waals surface area (Å²) in [5.41, 5.74) is 5.25. The van der Waals surface area contributed by atoms with E-state index in [1.54, 1.807) is 0 Å². The van der Waals surface area contributed by atoms with E-state index in [0.717, 1.165) is 11.7 Å². The summed E-state index contributed by atoms with van der Waals surface area (Å²) in [5, 5.41) is 0.809. The first-order chi connectivity index (χ1) is 5.68. The summed E-state index contributed by atoms with van der Waals surface area (Å²) < 4.78 is 0. The van der Waals surface area contributed by atoms with Gasteiger partial charge in [0.05, 0.1) is 5.75 Å². The summed E-state index contributed by atoms with van der Waals surface area (Å²) in [6.07, 6.45) is 0. The fraction of sp³-hybridized carbons (Fsp3) is 0.714. The summed E-state index contributed by atoms with van der Waals surface area (Å²) >= 11 is 1.44. The topological polar surface area (TPSA) is 53.5 Å². The zero-order valence-corrected chi connectivity index (χ0v) is 8.07. The zero-order valence-electron chi connectivity index (χ0n) is 7.26. The van der Waals surface area contributed by atoms with Crippen LogP contribution in [0.3, 0.4) is 0 Å². The van der Waals surface area contributed by atoms with Crippen LogP contribution in [0, 0.1) is 5.92 Å². The molecule has 0 bridgehead atoms. The Morgan fingerprint density at radius 1 is 1.58 bits per heavy atom. The molecule has 0 atom stereocenters. The number of nitrogens with one attached hydrogen (secondary N) is 2. The molecule has 1 aliphatic heterocycles. The molecule has 68 valence electrons. The van der Waals surface area contributed by atoms with Gasteiger partial charge in [-0.25, -0.2) is 0 Å². The first-order valence-electron chi connectivity index (χ1n) is 3.90. The lowest BCUT2D eigenvalue weighted by molar-refractivity contribution is -0.119. The van der Waals surface area contributed by atoms with Gasteiger partial charge in [0.25, 0.3) is 0 Å². The highest BCUT2D eigenvalue weighted by Gasteiger charge is 2.11. The molecule has 1 amide bonds. The minimum atomic E-state index is 0.00324. The van der Waals surface area contributed by atoms with Crippen molar-refractivity contribution < 1.29 is 4.79 Å². The van der Waals surface area contributed by atoms with Crippen molar-refractivity contribution in [3.05, 3.63) is 0 Å². The van der Waals surface area contributed by atoms with E-state index >= 15 is 0 Å². The van der Waals surface area contributed by atoms with Gasteiger partial charge in [-0.2, -0.15) is 0 Å². The summed E-state index contributed by atoms with van der Waals surface area (Å²) in [6.45, 7) is 5.01. The Morgan fingerprint density at radius 3 is 2.83 bits per heavy atom. The van der Waals surface area contributed by atoms with Gasteiger partial charge in [-0.1, -0.05) is 25.6 Å². The second-order valence-corrected chi connectivity index (χ2v) is 3.97. The molecule has 1 rings (SSSR count).